The topological polar surface area (TPSA) is 58.6 Å². The molecule has 1 aliphatic carbocycles. The summed E-state index contributed by atoms with van der Waals surface area (Å²) in [4.78, 5) is 25.7. The Bertz CT molecular complexity index is 389. The van der Waals surface area contributed by atoms with E-state index in [1.165, 1.54) is 0 Å². The van der Waals surface area contributed by atoms with E-state index in [0.717, 1.165) is 25.7 Å². The van der Waals surface area contributed by atoms with Crippen molar-refractivity contribution < 1.29 is 14.3 Å². The molecule has 0 aromatic rings. The van der Waals surface area contributed by atoms with Gasteiger partial charge in [-0.25, -0.2) is 4.79 Å². The van der Waals surface area contributed by atoms with Crippen molar-refractivity contribution in [2.75, 3.05) is 13.1 Å². The highest BCUT2D eigenvalue weighted by atomic mass is 16.6. The molecule has 1 saturated heterocycles. The molecule has 5 heteroatoms. The van der Waals surface area contributed by atoms with Crippen molar-refractivity contribution in [2.24, 2.45) is 11.8 Å². The second-order valence-corrected chi connectivity index (χ2v) is 7.52. The van der Waals surface area contributed by atoms with Gasteiger partial charge >= 0.3 is 6.09 Å². The first-order valence-corrected chi connectivity index (χ1v) is 8.03. The molecule has 0 aromatic carbocycles. The highest BCUT2D eigenvalue weighted by Crippen LogP contribution is 2.33. The predicted molar refractivity (Wildman–Crippen MR) is 80.9 cm³/mol. The van der Waals surface area contributed by atoms with Gasteiger partial charge in [0.15, 0.2) is 0 Å². The lowest BCUT2D eigenvalue weighted by atomic mass is 9.75. The zero-order valence-corrected chi connectivity index (χ0v) is 13.6. The molecule has 2 aliphatic rings. The molecule has 1 heterocycles. The van der Waals surface area contributed by atoms with Gasteiger partial charge in [0, 0.05) is 25.0 Å². The fourth-order valence-corrected chi connectivity index (χ4v) is 2.97. The molecule has 0 unspecified atom stereocenters. The third-order valence-electron chi connectivity index (χ3n) is 4.24. The van der Waals surface area contributed by atoms with Crippen molar-refractivity contribution >= 4 is 12.0 Å². The van der Waals surface area contributed by atoms with Crippen LogP contribution in [0.2, 0.25) is 0 Å². The fraction of sp³-hybridized carbons (Fsp3) is 0.875. The van der Waals surface area contributed by atoms with Gasteiger partial charge in [0.25, 0.3) is 0 Å². The van der Waals surface area contributed by atoms with Crippen molar-refractivity contribution in [3.63, 3.8) is 0 Å². The maximum Gasteiger partial charge on any atom is 0.410 e. The quantitative estimate of drug-likeness (QED) is 0.852. The van der Waals surface area contributed by atoms with Crippen LogP contribution in [0.25, 0.3) is 0 Å². The second-order valence-electron chi connectivity index (χ2n) is 7.52. The van der Waals surface area contributed by atoms with Gasteiger partial charge in [-0.05, 0) is 52.4 Å². The van der Waals surface area contributed by atoms with E-state index in [2.05, 4.69) is 12.2 Å². The van der Waals surface area contributed by atoms with Gasteiger partial charge in [-0.3, -0.25) is 4.79 Å². The Kier molecular flexibility index (Phi) is 4.79. The lowest BCUT2D eigenvalue weighted by molar-refractivity contribution is -0.129. The zero-order chi connectivity index (χ0) is 15.6. The molecule has 0 atom stereocenters. The minimum Gasteiger partial charge on any atom is -0.444 e. The van der Waals surface area contributed by atoms with Crippen LogP contribution in [-0.2, 0) is 9.53 Å². The van der Waals surface area contributed by atoms with E-state index >= 15 is 0 Å². The largest absolute Gasteiger partial charge is 0.444 e. The van der Waals surface area contributed by atoms with Crippen LogP contribution in [0.1, 0.15) is 53.4 Å². The molecule has 0 aromatic heterocycles. The Morgan fingerprint density at radius 2 is 1.71 bits per heavy atom. The van der Waals surface area contributed by atoms with E-state index in [1.807, 2.05) is 20.8 Å². The minimum absolute atomic E-state index is 0.198. The third-order valence-corrected chi connectivity index (χ3v) is 4.24. The van der Waals surface area contributed by atoms with Gasteiger partial charge in [-0.15, -0.1) is 0 Å². The maximum absolute atomic E-state index is 12.0. The van der Waals surface area contributed by atoms with Gasteiger partial charge in [0.1, 0.15) is 5.60 Å². The Morgan fingerprint density at radius 1 is 1.14 bits per heavy atom. The van der Waals surface area contributed by atoms with Gasteiger partial charge in [-0.2, -0.15) is 0 Å². The predicted octanol–water partition coefficient (Wildman–Crippen LogP) is 2.55. The number of likely N-dealkylation sites (tertiary alicyclic amines) is 1. The van der Waals surface area contributed by atoms with Crippen molar-refractivity contribution in [1.82, 2.24) is 10.2 Å². The van der Waals surface area contributed by atoms with Crippen LogP contribution >= 0.6 is 0 Å². The van der Waals surface area contributed by atoms with E-state index in [-0.39, 0.29) is 24.0 Å². The maximum atomic E-state index is 12.0. The van der Waals surface area contributed by atoms with Gasteiger partial charge in [0.05, 0.1) is 0 Å². The highest BCUT2D eigenvalue weighted by molar-refractivity contribution is 5.79. The normalized spacial score (nSPS) is 27.0. The Hall–Kier alpha value is -1.26. The molecule has 21 heavy (non-hydrogen) atoms. The Morgan fingerprint density at radius 3 is 2.19 bits per heavy atom. The summed E-state index contributed by atoms with van der Waals surface area (Å²) in [5.74, 6) is 1.10. The molecule has 2 fully saturated rings. The number of hydrogen-bond donors (Lipinski definition) is 1. The summed E-state index contributed by atoms with van der Waals surface area (Å²) in [5, 5.41) is 3.13. The van der Waals surface area contributed by atoms with Crippen LogP contribution in [0, 0.1) is 11.8 Å². The summed E-state index contributed by atoms with van der Waals surface area (Å²) >= 11 is 0. The summed E-state index contributed by atoms with van der Waals surface area (Å²) in [6, 6.07) is 0.201. The van der Waals surface area contributed by atoms with Crippen LogP contribution in [0.3, 0.4) is 0 Å². The van der Waals surface area contributed by atoms with Crippen LogP contribution in [0.15, 0.2) is 0 Å². The summed E-state index contributed by atoms with van der Waals surface area (Å²) in [7, 11) is 0. The number of ether oxygens (including phenoxy) is 1. The molecule has 0 radical (unpaired) electrons. The lowest BCUT2D eigenvalue weighted by Crippen LogP contribution is -2.50. The Labute approximate surface area is 127 Å². The molecule has 120 valence electrons. The Balaban J connectivity index is 1.70. The number of carbonyl (C=O) groups excluding carboxylic acids is 2. The first-order chi connectivity index (χ1) is 9.74. The molecule has 2 rings (SSSR count). The number of hydrogen-bond acceptors (Lipinski definition) is 3. The van der Waals surface area contributed by atoms with Crippen LogP contribution in [0.5, 0.6) is 0 Å². The average molecular weight is 296 g/mol. The van der Waals surface area contributed by atoms with Crippen molar-refractivity contribution in [1.29, 1.82) is 0 Å². The van der Waals surface area contributed by atoms with Crippen molar-refractivity contribution in [3.8, 4) is 0 Å². The second kappa shape index (κ2) is 6.24. The monoisotopic (exact) mass is 296 g/mol. The van der Waals surface area contributed by atoms with E-state index in [0.29, 0.717) is 19.0 Å². The molecule has 1 N–H and O–H groups in total. The molecule has 2 amide bonds. The number of amides is 2. The van der Waals surface area contributed by atoms with Crippen molar-refractivity contribution in [2.45, 2.75) is 65.0 Å². The third kappa shape index (κ3) is 4.61. The van der Waals surface area contributed by atoms with Gasteiger partial charge in [-0.1, -0.05) is 6.92 Å². The first kappa shape index (κ1) is 16.1. The molecule has 0 spiro atoms. The van der Waals surface area contributed by atoms with E-state index < -0.39 is 5.60 Å². The molecule has 0 bridgehead atoms. The number of nitrogens with zero attached hydrogens (tertiary/aromatic N) is 1. The zero-order valence-electron chi connectivity index (χ0n) is 13.6. The van der Waals surface area contributed by atoms with E-state index in [4.69, 9.17) is 4.74 Å². The van der Waals surface area contributed by atoms with E-state index in [9.17, 15) is 9.59 Å². The number of piperidine rings is 1. The minimum atomic E-state index is -0.455. The smallest absolute Gasteiger partial charge is 0.410 e. The number of rotatable bonds is 2. The molecule has 1 saturated carbocycles. The summed E-state index contributed by atoms with van der Waals surface area (Å²) < 4.78 is 5.37. The van der Waals surface area contributed by atoms with Crippen molar-refractivity contribution in [3.05, 3.63) is 0 Å². The lowest BCUT2D eigenvalue weighted by Gasteiger charge is -2.36. The molecule has 1 aliphatic heterocycles. The van der Waals surface area contributed by atoms with Crippen LogP contribution in [0.4, 0.5) is 4.79 Å². The molecular formula is C16H28N2O3. The average Bonchev–Trinajstić information content (AvgIpc) is 2.33. The molecule has 5 nitrogen and oxygen atoms in total. The van der Waals surface area contributed by atoms with E-state index in [1.54, 1.807) is 4.90 Å². The standard InChI is InChI=1S/C16H28N2O3/c1-11-9-12(10-11)14(19)17-13-5-7-18(8-6-13)15(20)21-16(2,3)4/h11-13H,5-10H2,1-4H3,(H,17,19). The number of nitrogens with one attached hydrogen (secondary N) is 1. The summed E-state index contributed by atoms with van der Waals surface area (Å²) in [6.07, 6.45) is 3.41. The molecular weight excluding hydrogens is 268 g/mol. The SMILES string of the molecule is CC1CC(C(=O)NC2CCN(C(=O)OC(C)(C)C)CC2)C1. The highest BCUT2D eigenvalue weighted by Gasteiger charge is 2.33. The van der Waals surface area contributed by atoms with Gasteiger partial charge < -0.3 is 15.0 Å². The van der Waals surface area contributed by atoms with Crippen LogP contribution in [-0.4, -0.2) is 41.6 Å². The van der Waals surface area contributed by atoms with Crippen LogP contribution < -0.4 is 5.32 Å². The fourth-order valence-electron chi connectivity index (χ4n) is 2.97. The number of carbonyl (C=O) groups is 2. The van der Waals surface area contributed by atoms with Gasteiger partial charge in [0.2, 0.25) is 5.91 Å². The summed E-state index contributed by atoms with van der Waals surface area (Å²) in [6.45, 7) is 9.11. The summed E-state index contributed by atoms with van der Waals surface area (Å²) in [5.41, 5.74) is -0.455. The first-order valence-electron chi connectivity index (χ1n) is 8.03.